The number of rotatable bonds is 7. The van der Waals surface area contributed by atoms with Crippen molar-refractivity contribution in [1.29, 1.82) is 10.5 Å². The van der Waals surface area contributed by atoms with Gasteiger partial charge in [0.15, 0.2) is 0 Å². The van der Waals surface area contributed by atoms with Gasteiger partial charge in [-0.2, -0.15) is 10.5 Å². The summed E-state index contributed by atoms with van der Waals surface area (Å²) < 4.78 is 4.99. The molecular formula is C61H42N4S2. The molecule has 13 rings (SSSR count). The van der Waals surface area contributed by atoms with E-state index in [1.54, 1.807) is 0 Å². The van der Waals surface area contributed by atoms with Crippen molar-refractivity contribution in [3.63, 3.8) is 0 Å². The Hall–Kier alpha value is -7.74. The fraction of sp³-hybridized carbons (Fsp3) is 0.115. The van der Waals surface area contributed by atoms with E-state index < -0.39 is 0 Å². The average Bonchev–Trinajstić information content (AvgIpc) is 3.95. The van der Waals surface area contributed by atoms with Gasteiger partial charge in [0.25, 0.3) is 0 Å². The van der Waals surface area contributed by atoms with Crippen LogP contribution in [0.3, 0.4) is 0 Å². The van der Waals surface area contributed by atoms with Crippen molar-refractivity contribution in [1.82, 2.24) is 0 Å². The smallest absolute Gasteiger partial charge is 0.0991 e. The molecule has 0 radical (unpaired) electrons. The second-order valence-corrected chi connectivity index (χ2v) is 20.7. The van der Waals surface area contributed by atoms with Crippen molar-refractivity contribution in [2.75, 3.05) is 9.80 Å². The number of nitriles is 2. The van der Waals surface area contributed by atoms with Gasteiger partial charge in [0.05, 0.1) is 55.4 Å². The molecule has 0 saturated heterocycles. The maximum atomic E-state index is 9.96. The second kappa shape index (κ2) is 14.9. The number of benzene rings is 10. The van der Waals surface area contributed by atoms with E-state index in [2.05, 4.69) is 182 Å². The summed E-state index contributed by atoms with van der Waals surface area (Å²) in [6.45, 7) is 7.13. The van der Waals surface area contributed by atoms with Gasteiger partial charge in [0.2, 0.25) is 0 Å². The van der Waals surface area contributed by atoms with Crippen LogP contribution < -0.4 is 9.80 Å². The third-order valence-corrected chi connectivity index (χ3v) is 16.9. The van der Waals surface area contributed by atoms with Crippen LogP contribution in [-0.4, -0.2) is 0 Å². The van der Waals surface area contributed by atoms with Gasteiger partial charge in [-0.3, -0.25) is 0 Å². The van der Waals surface area contributed by atoms with Crippen LogP contribution in [0.2, 0.25) is 0 Å². The summed E-state index contributed by atoms with van der Waals surface area (Å²) in [5.41, 5.74) is 11.8. The summed E-state index contributed by atoms with van der Waals surface area (Å²) in [5, 5.41) is 32.6. The highest BCUT2D eigenvalue weighted by atomic mass is 32.1. The first-order valence-corrected chi connectivity index (χ1v) is 24.7. The summed E-state index contributed by atoms with van der Waals surface area (Å²) in [6, 6.07) is 64.1. The van der Waals surface area contributed by atoms with Crippen molar-refractivity contribution >= 4 is 129 Å². The number of nitrogens with zero attached hydrogens (tertiary/aromatic N) is 4. The van der Waals surface area contributed by atoms with Crippen molar-refractivity contribution in [3.05, 3.63) is 192 Å². The molecule has 0 bridgehead atoms. The Bertz CT molecular complexity index is 4090. The summed E-state index contributed by atoms with van der Waals surface area (Å²) in [6.07, 6.45) is 2.85. The molecule has 1 aliphatic carbocycles. The monoisotopic (exact) mass is 894 g/mol. The molecule has 0 amide bonds. The van der Waals surface area contributed by atoms with Gasteiger partial charge in [0, 0.05) is 58.5 Å². The molecule has 2 aromatic heterocycles. The molecule has 0 unspecified atom stereocenters. The van der Waals surface area contributed by atoms with E-state index in [1.807, 2.05) is 46.9 Å². The summed E-state index contributed by atoms with van der Waals surface area (Å²) in [5.74, 6) is 0. The van der Waals surface area contributed by atoms with E-state index in [4.69, 9.17) is 0 Å². The number of thiophene rings is 2. The summed E-state index contributed by atoms with van der Waals surface area (Å²) in [4.78, 5) is 4.94. The first-order valence-electron chi connectivity index (χ1n) is 23.1. The highest BCUT2D eigenvalue weighted by Gasteiger charge is 2.34. The van der Waals surface area contributed by atoms with E-state index in [1.165, 1.54) is 89.4 Å². The van der Waals surface area contributed by atoms with Crippen LogP contribution in [0.1, 0.15) is 55.0 Å². The minimum atomic E-state index is -0.0811. The minimum Gasteiger partial charge on any atom is -0.308 e. The summed E-state index contributed by atoms with van der Waals surface area (Å²) in [7, 11) is 0. The quantitative estimate of drug-likeness (QED) is 0.150. The van der Waals surface area contributed by atoms with Crippen LogP contribution >= 0.6 is 22.7 Å². The van der Waals surface area contributed by atoms with E-state index in [0.717, 1.165) is 53.4 Å². The molecule has 12 aromatic rings. The SMILES string of the molecule is CCc1cc(N(c2ccc(C#N)cc2)c2cccc3c2sc2ccccc23)c2cc3c4c(cc(N(c5ccc(C#N)cc5)c5cccc6c5sc5ccccc56)c5ccc1c2c54)CCC3(C)C. The van der Waals surface area contributed by atoms with Gasteiger partial charge in [-0.15, -0.1) is 22.7 Å². The zero-order valence-corrected chi connectivity index (χ0v) is 38.9. The molecular weight excluding hydrogens is 853 g/mol. The number of fused-ring (bicyclic) bond motifs is 6. The molecule has 0 fully saturated rings. The van der Waals surface area contributed by atoms with Gasteiger partial charge < -0.3 is 9.80 Å². The fourth-order valence-corrected chi connectivity index (χ4v) is 13.6. The lowest BCUT2D eigenvalue weighted by atomic mass is 9.70. The van der Waals surface area contributed by atoms with Gasteiger partial charge >= 0.3 is 0 Å². The molecule has 67 heavy (non-hydrogen) atoms. The lowest BCUT2D eigenvalue weighted by molar-refractivity contribution is 0.475. The topological polar surface area (TPSA) is 54.1 Å². The van der Waals surface area contributed by atoms with Gasteiger partial charge in [-0.25, -0.2) is 0 Å². The fourth-order valence-electron chi connectivity index (χ4n) is 11.2. The van der Waals surface area contributed by atoms with Crippen LogP contribution in [0, 0.1) is 22.7 Å². The van der Waals surface area contributed by atoms with E-state index in [-0.39, 0.29) is 5.41 Å². The lowest BCUT2D eigenvalue weighted by Gasteiger charge is -2.37. The minimum absolute atomic E-state index is 0.0811. The zero-order valence-electron chi connectivity index (χ0n) is 37.3. The van der Waals surface area contributed by atoms with Crippen molar-refractivity contribution in [2.24, 2.45) is 0 Å². The molecule has 0 atom stereocenters. The molecule has 4 nitrogen and oxygen atoms in total. The molecule has 318 valence electrons. The predicted molar refractivity (Wildman–Crippen MR) is 285 cm³/mol. The van der Waals surface area contributed by atoms with Crippen molar-refractivity contribution < 1.29 is 0 Å². The van der Waals surface area contributed by atoms with Gasteiger partial charge in [-0.1, -0.05) is 93.6 Å². The van der Waals surface area contributed by atoms with Crippen LogP contribution in [0.15, 0.2) is 164 Å². The molecule has 0 spiro atoms. The summed E-state index contributed by atoms with van der Waals surface area (Å²) >= 11 is 3.69. The third-order valence-electron chi connectivity index (χ3n) is 14.5. The normalized spacial score (nSPS) is 13.3. The molecule has 2 heterocycles. The van der Waals surface area contributed by atoms with Crippen LogP contribution in [0.5, 0.6) is 0 Å². The first-order chi connectivity index (χ1) is 32.8. The first kappa shape index (κ1) is 39.6. The van der Waals surface area contributed by atoms with Crippen molar-refractivity contribution in [3.8, 4) is 12.1 Å². The van der Waals surface area contributed by atoms with E-state index in [9.17, 15) is 10.5 Å². The number of hydrogen-bond acceptors (Lipinski definition) is 6. The zero-order chi connectivity index (χ0) is 45.1. The van der Waals surface area contributed by atoms with Crippen LogP contribution in [0.25, 0.3) is 72.7 Å². The van der Waals surface area contributed by atoms with E-state index in [0.29, 0.717) is 11.1 Å². The molecule has 0 N–H and O–H groups in total. The highest BCUT2D eigenvalue weighted by Crippen LogP contribution is 2.56. The third kappa shape index (κ3) is 5.87. The Morgan fingerprint density at radius 3 is 1.57 bits per heavy atom. The maximum Gasteiger partial charge on any atom is 0.0991 e. The lowest BCUT2D eigenvalue weighted by Crippen LogP contribution is -2.24. The number of anilines is 6. The van der Waals surface area contributed by atoms with Gasteiger partial charge in [0.1, 0.15) is 0 Å². The van der Waals surface area contributed by atoms with Crippen LogP contribution in [0.4, 0.5) is 34.1 Å². The number of aryl methyl sites for hydroxylation is 2. The molecule has 6 heteroatoms. The Kier molecular flexibility index (Phi) is 8.80. The standard InChI is InChI=1S/C61H42N4S2/c1-4-38-31-53(65(41-25-21-37(35-63)22-26-41)51-16-10-14-46-44-12-6-8-18-55(44)67-60(46)51)48-33-49-56-39(29-30-61(49,2)3)32-52(47-28-27-42(38)57(48)58(47)56)64(40-23-19-36(34-62)20-24-40)50-15-9-13-45-43-11-5-7-17-54(43)66-59(45)50/h5-28,31-33H,4,29-30H2,1-3H3. The average molecular weight is 895 g/mol. The van der Waals surface area contributed by atoms with E-state index >= 15 is 0 Å². The molecule has 10 aromatic carbocycles. The Morgan fingerprint density at radius 1 is 0.493 bits per heavy atom. The van der Waals surface area contributed by atoms with Crippen molar-refractivity contribution in [2.45, 2.75) is 45.4 Å². The Morgan fingerprint density at radius 2 is 1.01 bits per heavy atom. The second-order valence-electron chi connectivity index (χ2n) is 18.6. The molecule has 0 aliphatic heterocycles. The molecule has 0 saturated carbocycles. The Balaban J connectivity index is 1.17. The van der Waals surface area contributed by atoms with Crippen LogP contribution in [-0.2, 0) is 18.3 Å². The Labute approximate surface area is 396 Å². The highest BCUT2D eigenvalue weighted by molar-refractivity contribution is 7.26. The predicted octanol–water partition coefficient (Wildman–Crippen LogP) is 17.8. The number of hydrogen-bond donors (Lipinski definition) is 0. The molecule has 1 aliphatic rings. The largest absolute Gasteiger partial charge is 0.308 e. The maximum absolute atomic E-state index is 9.96. The van der Waals surface area contributed by atoms with Gasteiger partial charge in [-0.05, 0) is 149 Å².